The first kappa shape index (κ1) is 17.5. The molecular weight excluding hydrogens is 182 g/mol. The van der Waals surface area contributed by atoms with Crippen LogP contribution in [0.2, 0.25) is 0 Å². The lowest BCUT2D eigenvalue weighted by atomic mass is 10.5. The summed E-state index contributed by atoms with van der Waals surface area (Å²) < 4.78 is 29.6. The van der Waals surface area contributed by atoms with Crippen LogP contribution in [0.1, 0.15) is 28.2 Å². The van der Waals surface area contributed by atoms with Crippen molar-refractivity contribution in [3.8, 4) is 0 Å². The zero-order chi connectivity index (χ0) is 8.20. The summed E-state index contributed by atoms with van der Waals surface area (Å²) in [6, 6.07) is 0. The normalized spacial score (nSPS) is 9.17. The molecule has 0 radical (unpaired) electrons. The molecule has 76 valence electrons. The highest BCUT2D eigenvalue weighted by molar-refractivity contribution is 7.85. The van der Waals surface area contributed by atoms with E-state index in [-0.39, 0.29) is 21.3 Å². The Balaban J connectivity index is -0.000000405. The summed E-state index contributed by atoms with van der Waals surface area (Å²) in [7, 11) is -4.31. The Morgan fingerprint density at radius 2 is 1.83 bits per heavy atom. The van der Waals surface area contributed by atoms with E-state index in [1.165, 1.54) is 0 Å². The van der Waals surface area contributed by atoms with Gasteiger partial charge in [-0.1, -0.05) is 21.8 Å². The molecule has 0 heterocycles. The molecule has 1 N–H and O–H groups in total. The molecule has 0 aromatic heterocycles. The topological polar surface area (TPSA) is 86.3 Å². The van der Waals surface area contributed by atoms with Gasteiger partial charge in [0.15, 0.2) is 0 Å². The SMILES string of the molecule is C.C.CCC(=O)NCS(=O)(=O)[O-]. The van der Waals surface area contributed by atoms with Crippen LogP contribution in [0.25, 0.3) is 0 Å². The van der Waals surface area contributed by atoms with E-state index in [9.17, 15) is 17.8 Å². The third-order valence-electron chi connectivity index (χ3n) is 0.767. The second kappa shape index (κ2) is 7.05. The Hall–Kier alpha value is -0.620. The summed E-state index contributed by atoms with van der Waals surface area (Å²) in [5, 5.41) is 1.93. The van der Waals surface area contributed by atoms with Gasteiger partial charge in [-0.3, -0.25) is 4.79 Å². The number of amides is 1. The van der Waals surface area contributed by atoms with E-state index in [1.54, 1.807) is 6.92 Å². The molecule has 0 spiro atoms. The Kier molecular flexibility index (Phi) is 10.3. The van der Waals surface area contributed by atoms with Crippen LogP contribution in [-0.2, 0) is 14.9 Å². The summed E-state index contributed by atoms with van der Waals surface area (Å²) in [4.78, 5) is 10.3. The van der Waals surface area contributed by atoms with Gasteiger partial charge in [0.25, 0.3) is 0 Å². The fourth-order valence-electron chi connectivity index (χ4n) is 0.294. The number of nitrogens with one attached hydrogen (secondary N) is 1. The van der Waals surface area contributed by atoms with Gasteiger partial charge in [0, 0.05) is 6.42 Å². The summed E-state index contributed by atoms with van der Waals surface area (Å²) in [5.41, 5.74) is 0. The van der Waals surface area contributed by atoms with Crippen LogP contribution in [0.15, 0.2) is 0 Å². The van der Waals surface area contributed by atoms with E-state index < -0.39 is 21.9 Å². The first-order valence-electron chi connectivity index (χ1n) is 2.66. The Morgan fingerprint density at radius 1 is 1.42 bits per heavy atom. The number of carbonyl (C=O) groups is 1. The summed E-state index contributed by atoms with van der Waals surface area (Å²) in [5.74, 6) is -1.26. The zero-order valence-corrected chi connectivity index (χ0v) is 6.27. The average Bonchev–Trinajstić information content (AvgIpc) is 1.81. The molecule has 0 atom stereocenters. The number of hydrogen-bond acceptors (Lipinski definition) is 4. The van der Waals surface area contributed by atoms with Gasteiger partial charge in [-0.25, -0.2) is 8.42 Å². The molecule has 0 aromatic carbocycles. The lowest BCUT2D eigenvalue weighted by Crippen LogP contribution is -2.28. The second-order valence-electron chi connectivity index (χ2n) is 1.66. The highest BCUT2D eigenvalue weighted by Gasteiger charge is 1.97. The third kappa shape index (κ3) is 12.1. The van der Waals surface area contributed by atoms with E-state index in [2.05, 4.69) is 0 Å². The van der Waals surface area contributed by atoms with Crippen LogP contribution < -0.4 is 5.32 Å². The van der Waals surface area contributed by atoms with Crippen LogP contribution in [0, 0.1) is 0 Å². The monoisotopic (exact) mass is 198 g/mol. The average molecular weight is 198 g/mol. The molecule has 0 aliphatic rings. The molecule has 0 saturated heterocycles. The molecule has 6 heteroatoms. The molecule has 0 saturated carbocycles. The maximum atomic E-state index is 10.3. The van der Waals surface area contributed by atoms with E-state index in [0.29, 0.717) is 0 Å². The van der Waals surface area contributed by atoms with Crippen molar-refractivity contribution in [1.29, 1.82) is 0 Å². The lowest BCUT2D eigenvalue weighted by Gasteiger charge is -2.06. The molecular formula is C6H16NO4S-. The number of hydrogen-bond donors (Lipinski definition) is 1. The summed E-state index contributed by atoms with van der Waals surface area (Å²) in [6.45, 7) is 1.56. The molecule has 0 rings (SSSR count). The molecule has 0 bridgehead atoms. The van der Waals surface area contributed by atoms with Crippen molar-refractivity contribution in [1.82, 2.24) is 5.32 Å². The highest BCUT2D eigenvalue weighted by atomic mass is 32.2. The maximum absolute atomic E-state index is 10.3. The van der Waals surface area contributed by atoms with Gasteiger partial charge in [0.2, 0.25) is 5.91 Å². The highest BCUT2D eigenvalue weighted by Crippen LogP contribution is 1.78. The fourth-order valence-corrected chi connectivity index (χ4v) is 0.632. The summed E-state index contributed by atoms with van der Waals surface area (Å²) >= 11 is 0. The molecule has 12 heavy (non-hydrogen) atoms. The zero-order valence-electron chi connectivity index (χ0n) is 5.46. The van der Waals surface area contributed by atoms with Crippen molar-refractivity contribution in [2.45, 2.75) is 28.2 Å². The van der Waals surface area contributed by atoms with Gasteiger partial charge >= 0.3 is 0 Å². The molecule has 0 aromatic rings. The smallest absolute Gasteiger partial charge is 0.220 e. The van der Waals surface area contributed by atoms with Crippen LogP contribution in [-0.4, -0.2) is 24.8 Å². The van der Waals surface area contributed by atoms with Crippen molar-refractivity contribution < 1.29 is 17.8 Å². The molecule has 5 nitrogen and oxygen atoms in total. The quantitative estimate of drug-likeness (QED) is 0.660. The molecule has 0 unspecified atom stereocenters. The first-order chi connectivity index (χ1) is 4.45. The Labute approximate surface area is 73.9 Å². The maximum Gasteiger partial charge on any atom is 0.220 e. The second-order valence-corrected chi connectivity index (χ2v) is 3.06. The van der Waals surface area contributed by atoms with Crippen molar-refractivity contribution in [3.05, 3.63) is 0 Å². The molecule has 0 aliphatic carbocycles. The minimum absolute atomic E-state index is 0. The fraction of sp³-hybridized carbons (Fsp3) is 0.833. The minimum atomic E-state index is -4.31. The van der Waals surface area contributed by atoms with Gasteiger partial charge in [0.05, 0.1) is 0 Å². The van der Waals surface area contributed by atoms with Gasteiger partial charge in [-0.15, -0.1) is 0 Å². The predicted octanol–water partition coefficient (Wildman–Crippen LogP) is 0.288. The van der Waals surface area contributed by atoms with Gasteiger partial charge < -0.3 is 9.87 Å². The third-order valence-corrected chi connectivity index (χ3v) is 1.27. The van der Waals surface area contributed by atoms with Crippen molar-refractivity contribution >= 4 is 16.0 Å². The van der Waals surface area contributed by atoms with Crippen LogP contribution in [0.4, 0.5) is 0 Å². The molecule has 0 fully saturated rings. The Bertz CT molecular complexity index is 210. The standard InChI is InChI=1S/C4H9NO4S.2CH4/c1-2-4(6)5-3-10(7,8)9;;/h2-3H2,1H3,(H,5,6)(H,7,8,9);2*1H4/p-1. The van der Waals surface area contributed by atoms with E-state index in [1.807, 2.05) is 5.32 Å². The Morgan fingerprint density at radius 3 is 2.08 bits per heavy atom. The number of rotatable bonds is 3. The molecule has 0 aliphatic heterocycles. The van der Waals surface area contributed by atoms with E-state index in [4.69, 9.17) is 0 Å². The molecule has 1 amide bonds. The number of carbonyl (C=O) groups excluding carboxylic acids is 1. The van der Waals surface area contributed by atoms with Crippen molar-refractivity contribution in [2.24, 2.45) is 0 Å². The largest absolute Gasteiger partial charge is 0.747 e. The van der Waals surface area contributed by atoms with E-state index in [0.717, 1.165) is 0 Å². The first-order valence-corrected chi connectivity index (χ1v) is 4.23. The van der Waals surface area contributed by atoms with Crippen LogP contribution in [0.3, 0.4) is 0 Å². The van der Waals surface area contributed by atoms with Crippen LogP contribution >= 0.6 is 0 Å². The summed E-state index contributed by atoms with van der Waals surface area (Å²) in [6.07, 6.45) is 0.176. The van der Waals surface area contributed by atoms with Gasteiger partial charge in [0.1, 0.15) is 16.0 Å². The van der Waals surface area contributed by atoms with E-state index >= 15 is 0 Å². The van der Waals surface area contributed by atoms with Crippen LogP contribution in [0.5, 0.6) is 0 Å². The van der Waals surface area contributed by atoms with Crippen molar-refractivity contribution in [2.75, 3.05) is 5.88 Å². The minimum Gasteiger partial charge on any atom is -0.747 e. The predicted molar refractivity (Wildman–Crippen MR) is 46.5 cm³/mol. The van der Waals surface area contributed by atoms with Gasteiger partial charge in [-0.2, -0.15) is 0 Å². The van der Waals surface area contributed by atoms with Crippen molar-refractivity contribution in [3.63, 3.8) is 0 Å². The van der Waals surface area contributed by atoms with Gasteiger partial charge in [-0.05, 0) is 0 Å². The lowest BCUT2D eigenvalue weighted by molar-refractivity contribution is -0.120.